The Morgan fingerprint density at radius 1 is 1.00 bits per heavy atom. The van der Waals surface area contributed by atoms with E-state index >= 15 is 0 Å². The van der Waals surface area contributed by atoms with Gasteiger partial charge < -0.3 is 0 Å². The first-order valence-corrected chi connectivity index (χ1v) is 6.81. The molecule has 0 N–H and O–H groups in total. The molecule has 20 heavy (non-hydrogen) atoms. The number of aryl methyl sites for hydroxylation is 1. The summed E-state index contributed by atoms with van der Waals surface area (Å²) >= 11 is 0. The molecule has 0 fully saturated rings. The van der Waals surface area contributed by atoms with E-state index < -0.39 is 0 Å². The molecule has 2 heteroatoms. The van der Waals surface area contributed by atoms with Crippen LogP contribution in [0.4, 0.5) is 5.69 Å². The number of fused-ring (bicyclic) bond motifs is 5. The third-order valence-electron chi connectivity index (χ3n) is 3.90. The van der Waals surface area contributed by atoms with Gasteiger partial charge in [0, 0.05) is 19.0 Å². The van der Waals surface area contributed by atoms with Crippen molar-refractivity contribution >= 4 is 23.4 Å². The SMILES string of the molecule is O=C1CCc2ccccc2C2=C=Cc3ccccc3N12.[HH]. The summed E-state index contributed by atoms with van der Waals surface area (Å²) < 4.78 is 0. The van der Waals surface area contributed by atoms with E-state index in [0.717, 1.165) is 28.9 Å². The molecule has 2 nitrogen and oxygen atoms in total. The lowest BCUT2D eigenvalue weighted by Gasteiger charge is -2.26. The molecular formula is C18H15NO. The van der Waals surface area contributed by atoms with Crippen LogP contribution in [0, 0.1) is 0 Å². The molecule has 0 aromatic heterocycles. The summed E-state index contributed by atoms with van der Waals surface area (Å²) in [5, 5.41) is 0. The van der Waals surface area contributed by atoms with Crippen LogP contribution >= 0.6 is 0 Å². The van der Waals surface area contributed by atoms with E-state index in [0.29, 0.717) is 6.42 Å². The number of hydrogen-bond acceptors (Lipinski definition) is 1. The summed E-state index contributed by atoms with van der Waals surface area (Å²) in [7, 11) is 0. The second-order valence-corrected chi connectivity index (χ2v) is 5.08. The summed E-state index contributed by atoms with van der Waals surface area (Å²) in [6, 6.07) is 16.2. The van der Waals surface area contributed by atoms with Crippen molar-refractivity contribution in [3.8, 4) is 0 Å². The van der Waals surface area contributed by atoms with Gasteiger partial charge in [-0.05, 0) is 24.1 Å². The second-order valence-electron chi connectivity index (χ2n) is 5.08. The Morgan fingerprint density at radius 3 is 2.75 bits per heavy atom. The van der Waals surface area contributed by atoms with Crippen molar-refractivity contribution < 1.29 is 6.22 Å². The summed E-state index contributed by atoms with van der Waals surface area (Å²) in [5.41, 5.74) is 8.52. The smallest absolute Gasteiger partial charge is 0.232 e. The molecule has 4 rings (SSSR count). The molecular weight excluding hydrogens is 246 g/mol. The maximum Gasteiger partial charge on any atom is 0.232 e. The van der Waals surface area contributed by atoms with Crippen molar-refractivity contribution in [2.75, 3.05) is 4.90 Å². The summed E-state index contributed by atoms with van der Waals surface area (Å²) in [4.78, 5) is 14.4. The summed E-state index contributed by atoms with van der Waals surface area (Å²) in [6.45, 7) is 0. The number of hydrogen-bond donors (Lipinski definition) is 0. The molecule has 0 aliphatic carbocycles. The highest BCUT2D eigenvalue weighted by Crippen LogP contribution is 2.36. The molecule has 0 atom stereocenters. The van der Waals surface area contributed by atoms with Crippen molar-refractivity contribution in [1.29, 1.82) is 0 Å². The summed E-state index contributed by atoms with van der Waals surface area (Å²) in [5.74, 6) is 0.143. The van der Waals surface area contributed by atoms with Crippen LogP contribution in [-0.4, -0.2) is 5.91 Å². The van der Waals surface area contributed by atoms with Crippen molar-refractivity contribution in [1.82, 2.24) is 0 Å². The van der Waals surface area contributed by atoms with Gasteiger partial charge in [-0.1, -0.05) is 48.2 Å². The van der Waals surface area contributed by atoms with E-state index in [-0.39, 0.29) is 7.33 Å². The number of carbonyl (C=O) groups is 1. The molecule has 2 aliphatic heterocycles. The van der Waals surface area contributed by atoms with Gasteiger partial charge in [-0.25, -0.2) is 0 Å². The van der Waals surface area contributed by atoms with Crippen molar-refractivity contribution in [2.45, 2.75) is 12.8 Å². The highest BCUT2D eigenvalue weighted by Gasteiger charge is 2.28. The van der Waals surface area contributed by atoms with Gasteiger partial charge in [0.05, 0.1) is 11.4 Å². The zero-order valence-corrected chi connectivity index (χ0v) is 11.0. The number of carbonyl (C=O) groups excluding carboxylic acids is 1. The van der Waals surface area contributed by atoms with Crippen LogP contribution in [0.5, 0.6) is 0 Å². The van der Waals surface area contributed by atoms with E-state index in [1.165, 1.54) is 5.56 Å². The Labute approximate surface area is 119 Å². The Bertz CT molecular complexity index is 787. The monoisotopic (exact) mass is 261 g/mol. The first kappa shape index (κ1) is 11.3. The van der Waals surface area contributed by atoms with Crippen LogP contribution < -0.4 is 4.90 Å². The average Bonchev–Trinajstić information content (AvgIpc) is 2.65. The maximum absolute atomic E-state index is 12.5. The van der Waals surface area contributed by atoms with E-state index in [2.05, 4.69) is 17.9 Å². The van der Waals surface area contributed by atoms with E-state index in [1.54, 1.807) is 0 Å². The second kappa shape index (κ2) is 4.22. The molecule has 0 saturated carbocycles. The van der Waals surface area contributed by atoms with E-state index in [4.69, 9.17) is 0 Å². The third-order valence-corrected chi connectivity index (χ3v) is 3.90. The zero-order valence-electron chi connectivity index (χ0n) is 11.0. The molecule has 2 aliphatic rings. The molecule has 2 aromatic rings. The predicted octanol–water partition coefficient (Wildman–Crippen LogP) is 3.88. The lowest BCUT2D eigenvalue weighted by Crippen LogP contribution is -2.29. The number of anilines is 1. The Kier molecular flexibility index (Phi) is 2.38. The van der Waals surface area contributed by atoms with Crippen LogP contribution in [0.2, 0.25) is 0 Å². The number of benzene rings is 2. The molecule has 0 spiro atoms. The van der Waals surface area contributed by atoms with E-state index in [9.17, 15) is 4.79 Å². The molecule has 0 radical (unpaired) electrons. The lowest BCUT2D eigenvalue weighted by atomic mass is 10.0. The largest absolute Gasteiger partial charge is 0.274 e. The van der Waals surface area contributed by atoms with Gasteiger partial charge >= 0.3 is 0 Å². The quantitative estimate of drug-likeness (QED) is 0.659. The van der Waals surface area contributed by atoms with Gasteiger partial charge in [-0.2, -0.15) is 0 Å². The van der Waals surface area contributed by atoms with Crippen LogP contribution in [0.15, 0.2) is 54.3 Å². The van der Waals surface area contributed by atoms with Crippen LogP contribution in [0.3, 0.4) is 0 Å². The standard InChI is InChI=1S/C18H13NO.H2/c20-18-12-10-13-5-1-3-7-15(13)17-11-9-14-6-2-4-8-16(14)19(17)18;/h1-9H,10,12H2;1H. The number of rotatable bonds is 0. The van der Waals surface area contributed by atoms with E-state index in [1.807, 2.05) is 47.4 Å². The van der Waals surface area contributed by atoms with Gasteiger partial charge in [0.2, 0.25) is 5.91 Å². The normalized spacial score (nSPS) is 15.9. The first-order valence-electron chi connectivity index (χ1n) is 6.81. The minimum absolute atomic E-state index is 0. The van der Waals surface area contributed by atoms with Crippen molar-refractivity contribution in [2.24, 2.45) is 0 Å². The van der Waals surface area contributed by atoms with Gasteiger partial charge in [-0.3, -0.25) is 9.69 Å². The van der Waals surface area contributed by atoms with Gasteiger partial charge in [0.25, 0.3) is 0 Å². The van der Waals surface area contributed by atoms with Crippen LogP contribution in [0.25, 0.3) is 11.8 Å². The average molecular weight is 261 g/mol. The highest BCUT2D eigenvalue weighted by atomic mass is 16.2. The molecule has 2 aromatic carbocycles. The molecule has 0 saturated heterocycles. The third kappa shape index (κ3) is 1.56. The molecule has 2 heterocycles. The van der Waals surface area contributed by atoms with Gasteiger partial charge in [0.1, 0.15) is 0 Å². The van der Waals surface area contributed by atoms with Gasteiger partial charge in [0.15, 0.2) is 0 Å². The van der Waals surface area contributed by atoms with Crippen molar-refractivity contribution in [3.63, 3.8) is 0 Å². The first-order chi connectivity index (χ1) is 9.84. The maximum atomic E-state index is 12.5. The zero-order chi connectivity index (χ0) is 13.5. The molecule has 0 bridgehead atoms. The number of amides is 1. The van der Waals surface area contributed by atoms with Crippen LogP contribution in [-0.2, 0) is 11.2 Å². The fraction of sp³-hybridized carbons (Fsp3) is 0.111. The van der Waals surface area contributed by atoms with Gasteiger partial charge in [-0.15, -0.1) is 0 Å². The molecule has 98 valence electrons. The number of nitrogens with zero attached hydrogens (tertiary/aromatic N) is 1. The predicted molar refractivity (Wildman–Crippen MR) is 82.2 cm³/mol. The fourth-order valence-corrected chi connectivity index (χ4v) is 2.92. The lowest BCUT2D eigenvalue weighted by molar-refractivity contribution is -0.117. The Balaban J connectivity index is 0.00000132. The fourth-order valence-electron chi connectivity index (χ4n) is 2.92. The topological polar surface area (TPSA) is 20.3 Å². The number of para-hydroxylation sites is 1. The Hall–Kier alpha value is -2.57. The van der Waals surface area contributed by atoms with Crippen LogP contribution in [0.1, 0.15) is 24.5 Å². The van der Waals surface area contributed by atoms with Crippen molar-refractivity contribution in [3.05, 3.63) is 71.0 Å². The molecule has 0 unspecified atom stereocenters. The Morgan fingerprint density at radius 2 is 1.80 bits per heavy atom. The highest BCUT2D eigenvalue weighted by molar-refractivity contribution is 6.10. The molecule has 1 amide bonds. The summed E-state index contributed by atoms with van der Waals surface area (Å²) in [6.07, 6.45) is 3.30. The minimum atomic E-state index is 0. The minimum Gasteiger partial charge on any atom is -0.274 e.